The van der Waals surface area contributed by atoms with Gasteiger partial charge in [0.15, 0.2) is 5.78 Å². The van der Waals surface area contributed by atoms with E-state index in [2.05, 4.69) is 0 Å². The van der Waals surface area contributed by atoms with Gasteiger partial charge < -0.3 is 9.84 Å². The van der Waals surface area contributed by atoms with Gasteiger partial charge in [-0.2, -0.15) is 26.3 Å². The van der Waals surface area contributed by atoms with E-state index in [4.69, 9.17) is 9.84 Å². The van der Waals surface area contributed by atoms with E-state index in [1.165, 1.54) is 24.3 Å². The van der Waals surface area contributed by atoms with Crippen molar-refractivity contribution in [3.05, 3.63) is 105 Å². The van der Waals surface area contributed by atoms with E-state index in [1.54, 1.807) is 18.2 Å². The Labute approximate surface area is 206 Å². The molecule has 0 aromatic heterocycles. The molecular formula is C27H18F6O4. The molecule has 1 aliphatic carbocycles. The Hall–Kier alpha value is -4.08. The van der Waals surface area contributed by atoms with Gasteiger partial charge >= 0.3 is 18.3 Å². The SMILES string of the molecule is O=C(O)c1ccc(COc2ccc3c(c2)CC/C(=C\c2cc(C(F)(F)F)cc(C(F)(F)F)c2)C3=O)cc1. The van der Waals surface area contributed by atoms with Crippen LogP contribution in [0.25, 0.3) is 6.08 Å². The second kappa shape index (κ2) is 9.76. The number of hydrogen-bond donors (Lipinski definition) is 1. The number of alkyl halides is 6. The molecule has 0 fully saturated rings. The Morgan fingerprint density at radius 2 is 1.49 bits per heavy atom. The molecule has 0 saturated carbocycles. The number of carbonyl (C=O) groups excluding carboxylic acids is 1. The third-order valence-corrected chi connectivity index (χ3v) is 5.83. The first-order valence-corrected chi connectivity index (χ1v) is 10.9. The molecule has 1 aliphatic rings. The van der Waals surface area contributed by atoms with Crippen molar-refractivity contribution in [2.45, 2.75) is 31.8 Å². The zero-order valence-corrected chi connectivity index (χ0v) is 18.9. The molecule has 3 aromatic carbocycles. The number of ketones is 1. The maximum absolute atomic E-state index is 13.2. The van der Waals surface area contributed by atoms with Crippen molar-refractivity contribution < 1.29 is 45.8 Å². The maximum atomic E-state index is 13.2. The van der Waals surface area contributed by atoms with Gasteiger partial charge in [0.1, 0.15) is 12.4 Å². The molecule has 192 valence electrons. The summed E-state index contributed by atoms with van der Waals surface area (Å²) >= 11 is 0. The van der Waals surface area contributed by atoms with Crippen molar-refractivity contribution in [1.82, 2.24) is 0 Å². The van der Waals surface area contributed by atoms with Crippen molar-refractivity contribution in [2.24, 2.45) is 0 Å². The first-order chi connectivity index (χ1) is 17.3. The van der Waals surface area contributed by atoms with E-state index < -0.39 is 35.2 Å². The van der Waals surface area contributed by atoms with E-state index >= 15 is 0 Å². The Morgan fingerprint density at radius 3 is 2.05 bits per heavy atom. The molecule has 0 aliphatic heterocycles. The fourth-order valence-corrected chi connectivity index (χ4v) is 3.96. The normalized spacial score (nSPS) is 15.0. The summed E-state index contributed by atoms with van der Waals surface area (Å²) in [6.07, 6.45) is -8.42. The molecule has 3 aromatic rings. The molecule has 0 bridgehead atoms. The highest BCUT2D eigenvalue weighted by atomic mass is 19.4. The summed E-state index contributed by atoms with van der Waals surface area (Å²) in [4.78, 5) is 23.9. The zero-order valence-electron chi connectivity index (χ0n) is 18.9. The van der Waals surface area contributed by atoms with Crippen LogP contribution in [0.3, 0.4) is 0 Å². The summed E-state index contributed by atoms with van der Waals surface area (Å²) in [5.41, 5.74) is -1.35. The molecule has 4 nitrogen and oxygen atoms in total. The van der Waals surface area contributed by atoms with Gasteiger partial charge in [0, 0.05) is 11.1 Å². The standard InChI is InChI=1S/C27H18F6O4/c28-26(29,30)20-10-16(11-21(13-20)27(31,32)33)9-19-6-5-18-12-22(7-8-23(18)24(19)34)37-14-15-1-3-17(4-2-15)25(35)36/h1-4,7-13H,5-6,14H2,(H,35,36)/b19-9+. The predicted molar refractivity (Wildman–Crippen MR) is 121 cm³/mol. The largest absolute Gasteiger partial charge is 0.489 e. The van der Waals surface area contributed by atoms with Crippen LogP contribution < -0.4 is 4.74 Å². The third kappa shape index (κ3) is 6.02. The van der Waals surface area contributed by atoms with Gasteiger partial charge in [-0.25, -0.2) is 4.79 Å². The van der Waals surface area contributed by atoms with Crippen LogP contribution in [0.5, 0.6) is 5.75 Å². The Bertz CT molecular complexity index is 1350. The quantitative estimate of drug-likeness (QED) is 0.285. The number of allylic oxidation sites excluding steroid dienone is 1. The average molecular weight is 520 g/mol. The lowest BCUT2D eigenvalue weighted by atomic mass is 9.85. The van der Waals surface area contributed by atoms with E-state index in [0.717, 1.165) is 11.6 Å². The number of ether oxygens (including phenoxy) is 1. The van der Waals surface area contributed by atoms with Crippen molar-refractivity contribution in [1.29, 1.82) is 0 Å². The van der Waals surface area contributed by atoms with E-state index in [9.17, 15) is 35.9 Å². The monoisotopic (exact) mass is 520 g/mol. The Kier molecular flexibility index (Phi) is 6.86. The minimum Gasteiger partial charge on any atom is -0.489 e. The summed E-state index contributed by atoms with van der Waals surface area (Å²) in [6.45, 7) is 0.148. The number of Topliss-reactive ketones (excluding diaryl/α,β-unsaturated/α-hetero) is 1. The molecule has 0 atom stereocenters. The number of aromatic carboxylic acids is 1. The molecule has 10 heteroatoms. The van der Waals surface area contributed by atoms with Gasteiger partial charge in [0.2, 0.25) is 0 Å². The van der Waals surface area contributed by atoms with Gasteiger partial charge in [-0.05, 0) is 84.1 Å². The number of hydrogen-bond acceptors (Lipinski definition) is 3. The fourth-order valence-electron chi connectivity index (χ4n) is 3.96. The van der Waals surface area contributed by atoms with Gasteiger partial charge in [0.05, 0.1) is 16.7 Å². The topological polar surface area (TPSA) is 63.6 Å². The molecule has 4 rings (SSSR count). The minimum atomic E-state index is -4.98. The molecule has 0 heterocycles. The van der Waals surface area contributed by atoms with Crippen LogP contribution in [0.1, 0.15) is 55.0 Å². The van der Waals surface area contributed by atoms with Crippen molar-refractivity contribution in [2.75, 3.05) is 0 Å². The number of aryl methyl sites for hydroxylation is 1. The van der Waals surface area contributed by atoms with Gasteiger partial charge in [-0.1, -0.05) is 12.1 Å². The second-order valence-corrected chi connectivity index (χ2v) is 8.45. The highest BCUT2D eigenvalue weighted by Gasteiger charge is 2.37. The number of halogens is 6. The first-order valence-electron chi connectivity index (χ1n) is 10.9. The fraction of sp³-hybridized carbons (Fsp3) is 0.185. The number of carboxylic acids is 1. The van der Waals surface area contributed by atoms with E-state index in [1.807, 2.05) is 0 Å². The molecule has 0 radical (unpaired) electrons. The number of carbonyl (C=O) groups is 2. The Balaban J connectivity index is 1.54. The summed E-state index contributed by atoms with van der Waals surface area (Å²) in [5, 5.41) is 8.95. The Morgan fingerprint density at radius 1 is 0.865 bits per heavy atom. The molecule has 37 heavy (non-hydrogen) atoms. The van der Waals surface area contributed by atoms with Crippen LogP contribution in [0.15, 0.2) is 66.2 Å². The number of carboxylic acid groups (broad SMARTS) is 1. The van der Waals surface area contributed by atoms with Crippen molar-refractivity contribution in [3.8, 4) is 5.75 Å². The first kappa shape index (κ1) is 26.0. The van der Waals surface area contributed by atoms with Crippen LogP contribution in [0.2, 0.25) is 0 Å². The minimum absolute atomic E-state index is 0.0437. The van der Waals surface area contributed by atoms with Crippen LogP contribution in [0, 0.1) is 0 Å². The van der Waals surface area contributed by atoms with Crippen LogP contribution in [0.4, 0.5) is 26.3 Å². The summed E-state index contributed by atoms with van der Waals surface area (Å²) in [5.74, 6) is -1.08. The second-order valence-electron chi connectivity index (χ2n) is 8.45. The lowest BCUT2D eigenvalue weighted by Crippen LogP contribution is -2.15. The number of rotatable bonds is 5. The number of benzene rings is 3. The summed E-state index contributed by atoms with van der Waals surface area (Å²) in [6, 6.07) is 12.0. The predicted octanol–water partition coefficient (Wildman–Crippen LogP) is 7.21. The highest BCUT2D eigenvalue weighted by Crippen LogP contribution is 2.37. The molecular weight excluding hydrogens is 502 g/mol. The van der Waals surface area contributed by atoms with E-state index in [0.29, 0.717) is 35.4 Å². The maximum Gasteiger partial charge on any atom is 0.416 e. The molecule has 0 saturated heterocycles. The highest BCUT2D eigenvalue weighted by molar-refractivity contribution is 6.13. The van der Waals surface area contributed by atoms with Gasteiger partial charge in [0.25, 0.3) is 0 Å². The van der Waals surface area contributed by atoms with E-state index in [-0.39, 0.29) is 35.8 Å². The average Bonchev–Trinajstić information content (AvgIpc) is 2.83. The molecule has 0 unspecified atom stereocenters. The van der Waals surface area contributed by atoms with Crippen LogP contribution in [-0.4, -0.2) is 16.9 Å². The smallest absolute Gasteiger partial charge is 0.416 e. The van der Waals surface area contributed by atoms with Crippen LogP contribution >= 0.6 is 0 Å². The molecule has 0 amide bonds. The zero-order chi connectivity index (χ0) is 27.0. The lowest BCUT2D eigenvalue weighted by Gasteiger charge is -2.19. The summed E-state index contributed by atoms with van der Waals surface area (Å²) in [7, 11) is 0. The van der Waals surface area contributed by atoms with Crippen molar-refractivity contribution in [3.63, 3.8) is 0 Å². The number of fused-ring (bicyclic) bond motifs is 1. The molecule has 0 spiro atoms. The lowest BCUT2D eigenvalue weighted by molar-refractivity contribution is -0.143. The summed E-state index contributed by atoms with van der Waals surface area (Å²) < 4.78 is 84.7. The van der Waals surface area contributed by atoms with Gasteiger partial charge in [-0.3, -0.25) is 4.79 Å². The molecule has 1 N–H and O–H groups in total. The van der Waals surface area contributed by atoms with Crippen LogP contribution in [-0.2, 0) is 25.4 Å². The van der Waals surface area contributed by atoms with Gasteiger partial charge in [-0.15, -0.1) is 0 Å². The van der Waals surface area contributed by atoms with Crippen molar-refractivity contribution >= 4 is 17.8 Å². The third-order valence-electron chi connectivity index (χ3n) is 5.83.